The molecule has 0 aliphatic carbocycles. The fourth-order valence-corrected chi connectivity index (χ4v) is 2.33. The Morgan fingerprint density at radius 1 is 1.20 bits per heavy atom. The quantitative estimate of drug-likeness (QED) is 0.774. The number of carbonyl (C=O) groups is 1. The van der Waals surface area contributed by atoms with Crippen molar-refractivity contribution in [2.24, 2.45) is 7.05 Å². The number of nitrogens with one attached hydrogen (secondary N) is 1. The minimum Gasteiger partial charge on any atom is -0.481 e. The minimum absolute atomic E-state index is 0.228. The molecule has 0 spiro atoms. The van der Waals surface area contributed by atoms with Crippen molar-refractivity contribution >= 4 is 11.6 Å². The maximum atomic E-state index is 12.4. The lowest BCUT2D eigenvalue weighted by molar-refractivity contribution is -0.122. The van der Waals surface area contributed by atoms with Gasteiger partial charge in [0.25, 0.3) is 5.91 Å². The number of nitrogens with zero attached hydrogens (tertiary/aromatic N) is 4. The van der Waals surface area contributed by atoms with Crippen LogP contribution in [0.2, 0.25) is 0 Å². The van der Waals surface area contributed by atoms with Gasteiger partial charge in [0.05, 0.1) is 0 Å². The van der Waals surface area contributed by atoms with Crippen LogP contribution in [0, 0.1) is 6.92 Å². The summed E-state index contributed by atoms with van der Waals surface area (Å²) in [6, 6.07) is 14.9. The number of hydrogen-bond acceptors (Lipinski definition) is 5. The lowest BCUT2D eigenvalue weighted by Crippen LogP contribution is -2.30. The van der Waals surface area contributed by atoms with Crippen LogP contribution in [-0.4, -0.2) is 32.2 Å². The van der Waals surface area contributed by atoms with E-state index in [1.807, 2.05) is 55.5 Å². The highest BCUT2D eigenvalue weighted by molar-refractivity contribution is 5.94. The molecule has 128 valence electrons. The molecule has 1 heterocycles. The molecule has 1 aromatic heterocycles. The molecule has 0 saturated heterocycles. The summed E-state index contributed by atoms with van der Waals surface area (Å²) in [6.45, 7) is 3.71. The Morgan fingerprint density at radius 2 is 1.96 bits per heavy atom. The Labute approximate surface area is 145 Å². The molecule has 3 rings (SSSR count). The zero-order valence-electron chi connectivity index (χ0n) is 14.3. The molecule has 7 nitrogen and oxygen atoms in total. The maximum absolute atomic E-state index is 12.4. The van der Waals surface area contributed by atoms with Crippen molar-refractivity contribution in [1.82, 2.24) is 20.2 Å². The van der Waals surface area contributed by atoms with E-state index in [-0.39, 0.29) is 5.91 Å². The topological polar surface area (TPSA) is 81.9 Å². The van der Waals surface area contributed by atoms with Gasteiger partial charge in [-0.25, -0.2) is 4.68 Å². The Hall–Kier alpha value is -3.22. The van der Waals surface area contributed by atoms with Crippen LogP contribution >= 0.6 is 0 Å². The third-order valence-corrected chi connectivity index (χ3v) is 3.71. The molecule has 2 aromatic carbocycles. The lowest BCUT2D eigenvalue weighted by atomic mass is 10.2. The summed E-state index contributed by atoms with van der Waals surface area (Å²) in [5.41, 5.74) is 2.61. The number of carbonyl (C=O) groups excluding carboxylic acids is 1. The molecule has 0 bridgehead atoms. The molecule has 7 heteroatoms. The van der Waals surface area contributed by atoms with Crippen LogP contribution in [0.15, 0.2) is 48.5 Å². The van der Waals surface area contributed by atoms with E-state index in [1.54, 1.807) is 18.7 Å². The van der Waals surface area contributed by atoms with Gasteiger partial charge in [0.1, 0.15) is 5.75 Å². The summed E-state index contributed by atoms with van der Waals surface area (Å²) in [5.74, 6) is 1.06. The lowest BCUT2D eigenvalue weighted by Gasteiger charge is -2.15. The number of anilines is 1. The molecular weight excluding hydrogens is 318 g/mol. The number of tetrazole rings is 1. The molecule has 0 saturated carbocycles. The van der Waals surface area contributed by atoms with E-state index < -0.39 is 6.10 Å². The standard InChI is InChI=1S/C18H19N5O2/c1-12-7-9-16(10-8-12)25-13(2)18(24)19-15-6-4-5-14(11-15)17-20-21-22-23(17)3/h4-11,13H,1-3H3,(H,19,24). The highest BCUT2D eigenvalue weighted by Gasteiger charge is 2.15. The highest BCUT2D eigenvalue weighted by Crippen LogP contribution is 2.20. The molecule has 0 fully saturated rings. The first-order chi connectivity index (χ1) is 12.0. The number of hydrogen-bond donors (Lipinski definition) is 1. The largest absolute Gasteiger partial charge is 0.481 e. The Balaban J connectivity index is 1.68. The van der Waals surface area contributed by atoms with Crippen LogP contribution in [0.3, 0.4) is 0 Å². The average Bonchev–Trinajstić information content (AvgIpc) is 3.03. The summed E-state index contributed by atoms with van der Waals surface area (Å²) in [5, 5.41) is 14.3. The molecule has 1 atom stereocenters. The molecule has 0 aliphatic heterocycles. The monoisotopic (exact) mass is 337 g/mol. The summed E-state index contributed by atoms with van der Waals surface area (Å²) >= 11 is 0. The van der Waals surface area contributed by atoms with Crippen LogP contribution < -0.4 is 10.1 Å². The van der Waals surface area contributed by atoms with Gasteiger partial charge < -0.3 is 10.1 Å². The van der Waals surface area contributed by atoms with E-state index in [1.165, 1.54) is 0 Å². The molecule has 25 heavy (non-hydrogen) atoms. The summed E-state index contributed by atoms with van der Waals surface area (Å²) < 4.78 is 7.25. The first-order valence-electron chi connectivity index (χ1n) is 7.90. The van der Waals surface area contributed by atoms with Crippen LogP contribution in [0.5, 0.6) is 5.75 Å². The number of amides is 1. The second-order valence-corrected chi connectivity index (χ2v) is 5.77. The molecule has 3 aromatic rings. The minimum atomic E-state index is -0.622. The SMILES string of the molecule is Cc1ccc(OC(C)C(=O)Nc2cccc(-c3nnnn3C)c2)cc1. The molecule has 0 radical (unpaired) electrons. The molecule has 1 amide bonds. The van der Waals surface area contributed by atoms with E-state index >= 15 is 0 Å². The highest BCUT2D eigenvalue weighted by atomic mass is 16.5. The van der Waals surface area contributed by atoms with Crippen LogP contribution in [0.4, 0.5) is 5.69 Å². The maximum Gasteiger partial charge on any atom is 0.265 e. The zero-order chi connectivity index (χ0) is 17.8. The first kappa shape index (κ1) is 16.6. The van der Waals surface area contributed by atoms with Crippen molar-refractivity contribution in [3.63, 3.8) is 0 Å². The number of aromatic nitrogens is 4. The van der Waals surface area contributed by atoms with Crippen molar-refractivity contribution in [2.75, 3.05) is 5.32 Å². The average molecular weight is 337 g/mol. The van der Waals surface area contributed by atoms with Crippen molar-refractivity contribution in [2.45, 2.75) is 20.0 Å². The third kappa shape index (κ3) is 4.00. The Bertz CT molecular complexity index is 873. The summed E-state index contributed by atoms with van der Waals surface area (Å²) in [4.78, 5) is 12.4. The zero-order valence-corrected chi connectivity index (χ0v) is 14.3. The van der Waals surface area contributed by atoms with E-state index in [0.717, 1.165) is 11.1 Å². The van der Waals surface area contributed by atoms with Gasteiger partial charge in [-0.05, 0) is 48.5 Å². The molecule has 1 N–H and O–H groups in total. The number of ether oxygens (including phenoxy) is 1. The fraction of sp³-hybridized carbons (Fsp3) is 0.222. The van der Waals surface area contributed by atoms with Crippen molar-refractivity contribution in [1.29, 1.82) is 0 Å². The second kappa shape index (κ2) is 7.12. The number of benzene rings is 2. The summed E-state index contributed by atoms with van der Waals surface area (Å²) in [7, 11) is 1.76. The smallest absolute Gasteiger partial charge is 0.265 e. The van der Waals surface area contributed by atoms with Crippen LogP contribution in [0.1, 0.15) is 12.5 Å². The fourth-order valence-electron chi connectivity index (χ4n) is 2.33. The van der Waals surface area contributed by atoms with E-state index in [9.17, 15) is 4.79 Å². The van der Waals surface area contributed by atoms with Crippen molar-refractivity contribution in [3.05, 3.63) is 54.1 Å². The van der Waals surface area contributed by atoms with E-state index in [0.29, 0.717) is 17.3 Å². The number of aryl methyl sites for hydroxylation is 2. The molecule has 1 unspecified atom stereocenters. The van der Waals surface area contributed by atoms with Gasteiger partial charge in [-0.1, -0.05) is 29.8 Å². The van der Waals surface area contributed by atoms with Gasteiger partial charge in [0.2, 0.25) is 0 Å². The second-order valence-electron chi connectivity index (χ2n) is 5.77. The predicted molar refractivity (Wildman–Crippen MR) is 94.1 cm³/mol. The molecule has 0 aliphatic rings. The van der Waals surface area contributed by atoms with Gasteiger partial charge in [-0.15, -0.1) is 5.10 Å². The third-order valence-electron chi connectivity index (χ3n) is 3.71. The summed E-state index contributed by atoms with van der Waals surface area (Å²) in [6.07, 6.45) is -0.622. The van der Waals surface area contributed by atoms with Crippen LogP contribution in [0.25, 0.3) is 11.4 Å². The van der Waals surface area contributed by atoms with Gasteiger partial charge >= 0.3 is 0 Å². The van der Waals surface area contributed by atoms with E-state index in [4.69, 9.17) is 4.74 Å². The Kier molecular flexibility index (Phi) is 4.74. The van der Waals surface area contributed by atoms with Gasteiger partial charge in [-0.2, -0.15) is 0 Å². The number of rotatable bonds is 5. The van der Waals surface area contributed by atoms with Gasteiger partial charge in [0, 0.05) is 18.3 Å². The van der Waals surface area contributed by atoms with Gasteiger partial charge in [-0.3, -0.25) is 4.79 Å². The normalized spacial score (nSPS) is 11.8. The van der Waals surface area contributed by atoms with Crippen molar-refractivity contribution in [3.8, 4) is 17.1 Å². The predicted octanol–water partition coefficient (Wildman–Crippen LogP) is 2.59. The van der Waals surface area contributed by atoms with Crippen molar-refractivity contribution < 1.29 is 9.53 Å². The van der Waals surface area contributed by atoms with Crippen LogP contribution in [-0.2, 0) is 11.8 Å². The van der Waals surface area contributed by atoms with E-state index in [2.05, 4.69) is 20.8 Å². The van der Waals surface area contributed by atoms with Gasteiger partial charge in [0.15, 0.2) is 11.9 Å². The first-order valence-corrected chi connectivity index (χ1v) is 7.90. The Morgan fingerprint density at radius 3 is 2.64 bits per heavy atom. The molecular formula is C18H19N5O2.